The first kappa shape index (κ1) is 13.9. The molecule has 0 aliphatic carbocycles. The number of aromatic hydroxyl groups is 2. The van der Waals surface area contributed by atoms with E-state index < -0.39 is 0 Å². The number of hydrogen-bond acceptors (Lipinski definition) is 2. The van der Waals surface area contributed by atoms with E-state index in [4.69, 9.17) is 0 Å². The molecular weight excluding hydrogens is 248 g/mol. The lowest BCUT2D eigenvalue weighted by molar-refractivity contribution is 0.468. The SMILES string of the molecule is C=CCc1ccc(-c2ccc(CC=C)c(O)c2)cc1O. The maximum absolute atomic E-state index is 9.97. The van der Waals surface area contributed by atoms with Crippen LogP contribution in [-0.2, 0) is 12.8 Å². The predicted molar refractivity (Wildman–Crippen MR) is 83.0 cm³/mol. The van der Waals surface area contributed by atoms with E-state index in [1.807, 2.05) is 24.3 Å². The van der Waals surface area contributed by atoms with Gasteiger partial charge in [0.25, 0.3) is 0 Å². The Morgan fingerprint density at radius 2 is 1.15 bits per heavy atom. The van der Waals surface area contributed by atoms with E-state index in [1.165, 1.54) is 0 Å². The van der Waals surface area contributed by atoms with Gasteiger partial charge in [-0.2, -0.15) is 0 Å². The Hall–Kier alpha value is -2.48. The van der Waals surface area contributed by atoms with Crippen molar-refractivity contribution in [1.29, 1.82) is 0 Å². The highest BCUT2D eigenvalue weighted by Gasteiger charge is 2.06. The normalized spacial score (nSPS) is 10.2. The summed E-state index contributed by atoms with van der Waals surface area (Å²) in [6, 6.07) is 11.0. The molecule has 0 aliphatic rings. The maximum Gasteiger partial charge on any atom is 0.119 e. The third kappa shape index (κ3) is 2.91. The van der Waals surface area contributed by atoms with E-state index >= 15 is 0 Å². The molecule has 2 nitrogen and oxygen atoms in total. The second-order valence-electron chi connectivity index (χ2n) is 4.67. The lowest BCUT2D eigenvalue weighted by atomic mass is 9.99. The van der Waals surface area contributed by atoms with Gasteiger partial charge in [-0.05, 0) is 47.2 Å². The molecule has 2 N–H and O–H groups in total. The number of phenols is 2. The molecule has 0 radical (unpaired) electrons. The number of hydrogen-bond donors (Lipinski definition) is 2. The average Bonchev–Trinajstić information content (AvgIpc) is 2.44. The lowest BCUT2D eigenvalue weighted by Gasteiger charge is -2.08. The Morgan fingerprint density at radius 1 is 0.750 bits per heavy atom. The minimum atomic E-state index is 0.247. The molecular formula is C18H18O2. The van der Waals surface area contributed by atoms with Crippen molar-refractivity contribution in [1.82, 2.24) is 0 Å². The molecule has 0 heterocycles. The fraction of sp³-hybridized carbons (Fsp3) is 0.111. The van der Waals surface area contributed by atoms with Crippen LogP contribution < -0.4 is 0 Å². The Balaban J connectivity index is 2.36. The monoisotopic (exact) mass is 266 g/mol. The van der Waals surface area contributed by atoms with Crippen molar-refractivity contribution in [3.8, 4) is 22.6 Å². The highest BCUT2D eigenvalue weighted by molar-refractivity contribution is 5.68. The maximum atomic E-state index is 9.97. The van der Waals surface area contributed by atoms with Crippen molar-refractivity contribution in [2.75, 3.05) is 0 Å². The van der Waals surface area contributed by atoms with Crippen molar-refractivity contribution in [2.24, 2.45) is 0 Å². The predicted octanol–water partition coefficient (Wildman–Crippen LogP) is 4.22. The van der Waals surface area contributed by atoms with Gasteiger partial charge in [-0.25, -0.2) is 0 Å². The van der Waals surface area contributed by atoms with Gasteiger partial charge in [0.2, 0.25) is 0 Å². The molecule has 0 bridgehead atoms. The second kappa shape index (κ2) is 6.11. The molecule has 0 unspecified atom stereocenters. The van der Waals surface area contributed by atoms with Gasteiger partial charge < -0.3 is 10.2 Å². The first-order chi connectivity index (χ1) is 9.65. The molecule has 0 aliphatic heterocycles. The van der Waals surface area contributed by atoms with Crippen molar-refractivity contribution in [2.45, 2.75) is 12.8 Å². The van der Waals surface area contributed by atoms with E-state index in [0.717, 1.165) is 22.3 Å². The molecule has 20 heavy (non-hydrogen) atoms. The molecule has 0 aromatic heterocycles. The quantitative estimate of drug-likeness (QED) is 0.795. The van der Waals surface area contributed by atoms with Crippen LogP contribution in [0.5, 0.6) is 11.5 Å². The van der Waals surface area contributed by atoms with Gasteiger partial charge >= 0.3 is 0 Å². The molecule has 0 saturated carbocycles. The summed E-state index contributed by atoms with van der Waals surface area (Å²) in [6.45, 7) is 7.33. The van der Waals surface area contributed by atoms with Crippen LogP contribution in [0.1, 0.15) is 11.1 Å². The van der Waals surface area contributed by atoms with E-state index in [2.05, 4.69) is 13.2 Å². The molecule has 2 rings (SSSR count). The highest BCUT2D eigenvalue weighted by atomic mass is 16.3. The third-order valence-corrected chi connectivity index (χ3v) is 3.23. The summed E-state index contributed by atoms with van der Waals surface area (Å²) < 4.78 is 0. The second-order valence-corrected chi connectivity index (χ2v) is 4.67. The van der Waals surface area contributed by atoms with Crippen LogP contribution in [0.15, 0.2) is 61.7 Å². The van der Waals surface area contributed by atoms with Crippen LogP contribution in [0.25, 0.3) is 11.1 Å². The van der Waals surface area contributed by atoms with Gasteiger partial charge in [-0.3, -0.25) is 0 Å². The largest absolute Gasteiger partial charge is 0.508 e. The fourth-order valence-electron chi connectivity index (χ4n) is 2.14. The molecule has 2 aromatic rings. The van der Waals surface area contributed by atoms with Crippen LogP contribution in [0.2, 0.25) is 0 Å². The van der Waals surface area contributed by atoms with Crippen LogP contribution >= 0.6 is 0 Å². The molecule has 2 aromatic carbocycles. The van der Waals surface area contributed by atoms with Gasteiger partial charge in [0.15, 0.2) is 0 Å². The number of rotatable bonds is 5. The topological polar surface area (TPSA) is 40.5 Å². The first-order valence-corrected chi connectivity index (χ1v) is 6.51. The van der Waals surface area contributed by atoms with Gasteiger partial charge in [0.1, 0.15) is 11.5 Å². The van der Waals surface area contributed by atoms with E-state index in [1.54, 1.807) is 24.3 Å². The Bertz CT molecular complexity index is 584. The van der Waals surface area contributed by atoms with Crippen molar-refractivity contribution < 1.29 is 10.2 Å². The third-order valence-electron chi connectivity index (χ3n) is 3.23. The number of benzene rings is 2. The lowest BCUT2D eigenvalue weighted by Crippen LogP contribution is -1.87. The minimum Gasteiger partial charge on any atom is -0.508 e. The Labute approximate surface area is 119 Å². The molecule has 0 amide bonds. The van der Waals surface area contributed by atoms with E-state index in [9.17, 15) is 10.2 Å². The Kier molecular flexibility index (Phi) is 4.26. The molecule has 102 valence electrons. The van der Waals surface area contributed by atoms with E-state index in [0.29, 0.717) is 12.8 Å². The van der Waals surface area contributed by atoms with Crippen molar-refractivity contribution in [3.63, 3.8) is 0 Å². The van der Waals surface area contributed by atoms with Crippen molar-refractivity contribution in [3.05, 3.63) is 72.8 Å². The minimum absolute atomic E-state index is 0.247. The van der Waals surface area contributed by atoms with E-state index in [-0.39, 0.29) is 11.5 Å². The smallest absolute Gasteiger partial charge is 0.119 e. The zero-order chi connectivity index (χ0) is 14.5. The van der Waals surface area contributed by atoms with Crippen molar-refractivity contribution >= 4 is 0 Å². The standard InChI is InChI=1S/C18H18O2/c1-3-5-13-7-9-15(11-17(13)19)16-10-8-14(6-4-2)18(20)12-16/h3-4,7-12,19-20H,1-2,5-6H2. The number of phenolic OH excluding ortho intramolecular Hbond substituents is 2. The van der Waals surface area contributed by atoms with Gasteiger partial charge in [0, 0.05) is 0 Å². The molecule has 0 fully saturated rings. The van der Waals surface area contributed by atoms with Crippen LogP contribution in [0.3, 0.4) is 0 Å². The summed E-state index contributed by atoms with van der Waals surface area (Å²) in [6.07, 6.45) is 4.78. The highest BCUT2D eigenvalue weighted by Crippen LogP contribution is 2.30. The van der Waals surface area contributed by atoms with Gasteiger partial charge in [-0.1, -0.05) is 36.4 Å². The summed E-state index contributed by atoms with van der Waals surface area (Å²) in [4.78, 5) is 0. The summed E-state index contributed by atoms with van der Waals surface area (Å²) in [5.41, 5.74) is 3.43. The van der Waals surface area contributed by atoms with Crippen LogP contribution in [0.4, 0.5) is 0 Å². The summed E-state index contributed by atoms with van der Waals surface area (Å²) in [5.74, 6) is 0.495. The zero-order valence-electron chi connectivity index (χ0n) is 11.3. The molecule has 0 atom stereocenters. The fourth-order valence-corrected chi connectivity index (χ4v) is 2.14. The summed E-state index contributed by atoms with van der Waals surface area (Å²) >= 11 is 0. The summed E-state index contributed by atoms with van der Waals surface area (Å²) in [7, 11) is 0. The molecule has 2 heteroatoms. The number of allylic oxidation sites excluding steroid dienone is 2. The summed E-state index contributed by atoms with van der Waals surface area (Å²) in [5, 5.41) is 19.9. The Morgan fingerprint density at radius 3 is 1.45 bits per heavy atom. The average molecular weight is 266 g/mol. The first-order valence-electron chi connectivity index (χ1n) is 6.51. The molecule has 0 saturated heterocycles. The van der Waals surface area contributed by atoms with Gasteiger partial charge in [0.05, 0.1) is 0 Å². The van der Waals surface area contributed by atoms with Gasteiger partial charge in [-0.15, -0.1) is 13.2 Å². The zero-order valence-corrected chi connectivity index (χ0v) is 11.3. The van der Waals surface area contributed by atoms with Crippen LogP contribution in [-0.4, -0.2) is 10.2 Å². The molecule has 0 spiro atoms. The van der Waals surface area contributed by atoms with Crippen LogP contribution in [0, 0.1) is 0 Å².